The molecule has 6 nitrogen and oxygen atoms in total. The standard InChI is InChI=1S/C7H11N3O3S/c1-6-7(11)9-3-4-10(6)14(12,13)5-2-8/h6H,3-5H2,1H3,(H,9,11). The second-order valence-electron chi connectivity index (χ2n) is 2.99. The molecule has 1 fully saturated rings. The number of amides is 1. The molecule has 78 valence electrons. The Labute approximate surface area is 82.5 Å². The van der Waals surface area contributed by atoms with Gasteiger partial charge < -0.3 is 5.32 Å². The van der Waals surface area contributed by atoms with Crippen molar-refractivity contribution in [3.63, 3.8) is 0 Å². The first kappa shape index (κ1) is 10.9. The van der Waals surface area contributed by atoms with Gasteiger partial charge in [0.1, 0.15) is 6.04 Å². The molecule has 0 aromatic rings. The van der Waals surface area contributed by atoms with Gasteiger partial charge in [0.15, 0.2) is 5.75 Å². The van der Waals surface area contributed by atoms with Gasteiger partial charge in [0.05, 0.1) is 6.07 Å². The van der Waals surface area contributed by atoms with Gasteiger partial charge in [-0.3, -0.25) is 4.79 Å². The van der Waals surface area contributed by atoms with Crippen molar-refractivity contribution in [1.82, 2.24) is 9.62 Å². The van der Waals surface area contributed by atoms with Gasteiger partial charge in [0.2, 0.25) is 15.9 Å². The van der Waals surface area contributed by atoms with Gasteiger partial charge in [-0.05, 0) is 6.92 Å². The van der Waals surface area contributed by atoms with Crippen LogP contribution in [-0.2, 0) is 14.8 Å². The Hall–Kier alpha value is -1.13. The molecule has 0 aromatic carbocycles. The van der Waals surface area contributed by atoms with Crippen molar-refractivity contribution in [3.05, 3.63) is 0 Å². The van der Waals surface area contributed by atoms with Gasteiger partial charge in [-0.1, -0.05) is 0 Å². The molecular weight excluding hydrogens is 206 g/mol. The van der Waals surface area contributed by atoms with Crippen molar-refractivity contribution < 1.29 is 13.2 Å². The molecule has 1 heterocycles. The van der Waals surface area contributed by atoms with Crippen LogP contribution in [0, 0.1) is 11.3 Å². The van der Waals surface area contributed by atoms with Crippen molar-refractivity contribution in [2.45, 2.75) is 13.0 Å². The molecule has 0 aromatic heterocycles. The molecule has 0 spiro atoms. The molecule has 0 radical (unpaired) electrons. The molecule has 1 rings (SSSR count). The lowest BCUT2D eigenvalue weighted by Gasteiger charge is -2.30. The first-order valence-corrected chi connectivity index (χ1v) is 5.74. The normalized spacial score (nSPS) is 24.0. The number of rotatable bonds is 2. The molecule has 1 atom stereocenters. The molecule has 1 unspecified atom stereocenters. The van der Waals surface area contributed by atoms with E-state index in [0.29, 0.717) is 6.54 Å². The summed E-state index contributed by atoms with van der Waals surface area (Å²) in [5.41, 5.74) is 0. The number of carbonyl (C=O) groups is 1. The van der Waals surface area contributed by atoms with Crippen molar-refractivity contribution in [2.24, 2.45) is 0 Å². The number of nitrogens with one attached hydrogen (secondary N) is 1. The van der Waals surface area contributed by atoms with Gasteiger partial charge in [0, 0.05) is 13.1 Å². The van der Waals surface area contributed by atoms with Crippen LogP contribution in [0.3, 0.4) is 0 Å². The third-order valence-corrected chi connectivity index (χ3v) is 3.75. The van der Waals surface area contributed by atoms with E-state index in [1.54, 1.807) is 6.07 Å². The van der Waals surface area contributed by atoms with Crippen LogP contribution in [0.4, 0.5) is 0 Å². The fourth-order valence-corrected chi connectivity index (χ4v) is 2.58. The highest BCUT2D eigenvalue weighted by Gasteiger charge is 2.33. The Balaban J connectivity index is 2.87. The summed E-state index contributed by atoms with van der Waals surface area (Å²) in [6.07, 6.45) is 0. The largest absolute Gasteiger partial charge is 0.353 e. The highest BCUT2D eigenvalue weighted by Crippen LogP contribution is 2.10. The highest BCUT2D eigenvalue weighted by molar-refractivity contribution is 7.89. The highest BCUT2D eigenvalue weighted by atomic mass is 32.2. The third-order valence-electron chi connectivity index (χ3n) is 2.05. The summed E-state index contributed by atoms with van der Waals surface area (Å²) in [6, 6.07) is 0.859. The minimum Gasteiger partial charge on any atom is -0.353 e. The third kappa shape index (κ3) is 2.02. The lowest BCUT2D eigenvalue weighted by atomic mass is 10.2. The lowest BCUT2D eigenvalue weighted by molar-refractivity contribution is -0.126. The number of hydrogen-bond donors (Lipinski definition) is 1. The summed E-state index contributed by atoms with van der Waals surface area (Å²) in [4.78, 5) is 11.2. The Kier molecular flexibility index (Phi) is 3.08. The van der Waals surface area contributed by atoms with E-state index >= 15 is 0 Å². The SMILES string of the molecule is CC1C(=O)NCCN1S(=O)(=O)CC#N. The quantitative estimate of drug-likeness (QED) is 0.620. The maximum absolute atomic E-state index is 11.5. The van der Waals surface area contributed by atoms with Crippen LogP contribution in [0.25, 0.3) is 0 Å². The minimum absolute atomic E-state index is 0.233. The monoisotopic (exact) mass is 217 g/mol. The van der Waals surface area contributed by atoms with E-state index in [0.717, 1.165) is 4.31 Å². The van der Waals surface area contributed by atoms with E-state index in [2.05, 4.69) is 5.32 Å². The molecule has 1 aliphatic heterocycles. The zero-order chi connectivity index (χ0) is 10.8. The molecule has 1 amide bonds. The average molecular weight is 217 g/mol. The maximum Gasteiger partial charge on any atom is 0.238 e. The van der Waals surface area contributed by atoms with Gasteiger partial charge in [-0.15, -0.1) is 0 Å². The smallest absolute Gasteiger partial charge is 0.238 e. The van der Waals surface area contributed by atoms with Crippen LogP contribution >= 0.6 is 0 Å². The van der Waals surface area contributed by atoms with E-state index in [9.17, 15) is 13.2 Å². The number of carbonyl (C=O) groups excluding carboxylic acids is 1. The first-order chi connectivity index (χ1) is 6.49. The van der Waals surface area contributed by atoms with E-state index in [-0.39, 0.29) is 12.5 Å². The summed E-state index contributed by atoms with van der Waals surface area (Å²) < 4.78 is 24.0. The van der Waals surface area contributed by atoms with Gasteiger partial charge in [-0.25, -0.2) is 8.42 Å². The predicted molar refractivity (Wildman–Crippen MR) is 48.6 cm³/mol. The van der Waals surface area contributed by atoms with E-state index in [1.807, 2.05) is 0 Å². The molecule has 1 saturated heterocycles. The fraction of sp³-hybridized carbons (Fsp3) is 0.714. The summed E-state index contributed by atoms with van der Waals surface area (Å²) in [5.74, 6) is -0.900. The molecule has 1 aliphatic rings. The maximum atomic E-state index is 11.5. The minimum atomic E-state index is -3.60. The molecule has 0 aliphatic carbocycles. The molecule has 0 saturated carbocycles. The van der Waals surface area contributed by atoms with Crippen LogP contribution in [0.2, 0.25) is 0 Å². The predicted octanol–water partition coefficient (Wildman–Crippen LogP) is -1.34. The number of nitrogens with zero attached hydrogens (tertiary/aromatic N) is 2. The van der Waals surface area contributed by atoms with E-state index in [4.69, 9.17) is 5.26 Å². The first-order valence-electron chi connectivity index (χ1n) is 4.13. The average Bonchev–Trinajstić information content (AvgIpc) is 2.09. The van der Waals surface area contributed by atoms with Crippen LogP contribution in [0.1, 0.15) is 6.92 Å². The van der Waals surface area contributed by atoms with Crippen LogP contribution in [0.15, 0.2) is 0 Å². The topological polar surface area (TPSA) is 90.3 Å². The lowest BCUT2D eigenvalue weighted by Crippen LogP contribution is -2.56. The van der Waals surface area contributed by atoms with Crippen LogP contribution < -0.4 is 5.32 Å². The Morgan fingerprint density at radius 3 is 2.93 bits per heavy atom. The zero-order valence-electron chi connectivity index (χ0n) is 7.73. The summed E-state index contributed by atoms with van der Waals surface area (Å²) in [7, 11) is -3.60. The Bertz CT molecular complexity index is 370. The second-order valence-corrected chi connectivity index (χ2v) is 4.91. The van der Waals surface area contributed by atoms with Crippen molar-refractivity contribution in [2.75, 3.05) is 18.8 Å². The van der Waals surface area contributed by atoms with Gasteiger partial charge in [0.25, 0.3) is 0 Å². The molecule has 7 heteroatoms. The fourth-order valence-electron chi connectivity index (χ4n) is 1.31. The molecule has 0 bridgehead atoms. The number of hydrogen-bond acceptors (Lipinski definition) is 4. The summed E-state index contributed by atoms with van der Waals surface area (Å²) in [5, 5.41) is 10.9. The Morgan fingerprint density at radius 2 is 2.36 bits per heavy atom. The number of sulfonamides is 1. The Morgan fingerprint density at radius 1 is 1.71 bits per heavy atom. The molecule has 14 heavy (non-hydrogen) atoms. The molecule has 1 N–H and O–H groups in total. The van der Waals surface area contributed by atoms with Crippen molar-refractivity contribution >= 4 is 15.9 Å². The van der Waals surface area contributed by atoms with Crippen molar-refractivity contribution in [3.8, 4) is 6.07 Å². The zero-order valence-corrected chi connectivity index (χ0v) is 8.54. The van der Waals surface area contributed by atoms with Crippen LogP contribution in [0.5, 0.6) is 0 Å². The number of piperazine rings is 1. The van der Waals surface area contributed by atoms with Crippen molar-refractivity contribution in [1.29, 1.82) is 5.26 Å². The summed E-state index contributed by atoms with van der Waals surface area (Å²) in [6.45, 7) is 2.04. The van der Waals surface area contributed by atoms with Crippen LogP contribution in [-0.4, -0.2) is 43.5 Å². The number of nitriles is 1. The van der Waals surface area contributed by atoms with Gasteiger partial charge >= 0.3 is 0 Å². The molecular formula is C7H11N3O3S. The second kappa shape index (κ2) is 3.94. The summed E-state index contributed by atoms with van der Waals surface area (Å²) >= 11 is 0. The van der Waals surface area contributed by atoms with Gasteiger partial charge in [-0.2, -0.15) is 9.57 Å². The van der Waals surface area contributed by atoms with E-state index in [1.165, 1.54) is 6.92 Å². The van der Waals surface area contributed by atoms with E-state index < -0.39 is 21.8 Å².